The molecule has 0 bridgehead atoms. The van der Waals surface area contributed by atoms with Gasteiger partial charge in [0, 0.05) is 5.56 Å². The molecule has 1 aliphatic rings. The van der Waals surface area contributed by atoms with Crippen LogP contribution in [0.5, 0.6) is 0 Å². The second-order valence-electron chi connectivity index (χ2n) is 6.77. The fourth-order valence-electron chi connectivity index (χ4n) is 3.31. The molecule has 0 saturated heterocycles. The highest BCUT2D eigenvalue weighted by molar-refractivity contribution is 7.90. The quantitative estimate of drug-likeness (QED) is 0.655. The van der Waals surface area contributed by atoms with E-state index in [1.54, 1.807) is 30.3 Å². The van der Waals surface area contributed by atoms with Crippen molar-refractivity contribution >= 4 is 32.6 Å². The molecule has 3 aromatic carbocycles. The van der Waals surface area contributed by atoms with Gasteiger partial charge < -0.3 is 4.74 Å². The van der Waals surface area contributed by atoms with Crippen LogP contribution in [0.1, 0.15) is 29.3 Å². The monoisotopic (exact) mass is 408 g/mol. The van der Waals surface area contributed by atoms with Gasteiger partial charge in [-0.1, -0.05) is 55.5 Å². The second-order valence-corrected chi connectivity index (χ2v) is 8.42. The first-order valence-corrected chi connectivity index (χ1v) is 10.8. The van der Waals surface area contributed by atoms with Gasteiger partial charge in [0.1, 0.15) is 12.4 Å². The third-order valence-electron chi connectivity index (χ3n) is 4.86. The Morgan fingerprint density at radius 3 is 2.59 bits per heavy atom. The van der Waals surface area contributed by atoms with Gasteiger partial charge in [0.15, 0.2) is 0 Å². The Labute approximate surface area is 169 Å². The van der Waals surface area contributed by atoms with E-state index in [-0.39, 0.29) is 23.4 Å². The van der Waals surface area contributed by atoms with E-state index in [9.17, 15) is 13.2 Å². The number of aliphatic imine (C=N–C) groups is 1. The van der Waals surface area contributed by atoms with Crippen LogP contribution in [0.2, 0.25) is 0 Å². The molecule has 0 aromatic heterocycles. The summed E-state index contributed by atoms with van der Waals surface area (Å²) in [4.78, 5) is 17.4. The van der Waals surface area contributed by atoms with Crippen molar-refractivity contribution in [2.45, 2.75) is 24.3 Å². The highest BCUT2D eigenvalue weighted by Gasteiger charge is 2.30. The minimum atomic E-state index is -3.60. The van der Waals surface area contributed by atoms with Crippen molar-refractivity contribution < 1.29 is 17.9 Å². The minimum absolute atomic E-state index is 0.0615. The first kappa shape index (κ1) is 19.1. The lowest BCUT2D eigenvalue weighted by Crippen LogP contribution is -2.26. The number of carbonyl (C=O) groups is 1. The van der Waals surface area contributed by atoms with Crippen LogP contribution in [-0.4, -0.2) is 32.9 Å². The average molecular weight is 408 g/mol. The summed E-state index contributed by atoms with van der Waals surface area (Å²) in [6.45, 7) is 1.97. The van der Waals surface area contributed by atoms with Crippen molar-refractivity contribution in [2.24, 2.45) is 4.99 Å². The molecule has 1 heterocycles. The zero-order valence-corrected chi connectivity index (χ0v) is 16.6. The van der Waals surface area contributed by atoms with Gasteiger partial charge in [-0.15, -0.1) is 0 Å². The summed E-state index contributed by atoms with van der Waals surface area (Å²) in [6, 6.07) is 19.4. The van der Waals surface area contributed by atoms with E-state index in [1.807, 2.05) is 43.3 Å². The number of ether oxygens (including phenoxy) is 1. The van der Waals surface area contributed by atoms with Gasteiger partial charge in [-0.2, -0.15) is 0 Å². The third-order valence-corrected chi connectivity index (χ3v) is 6.26. The van der Waals surface area contributed by atoms with Gasteiger partial charge in [0.05, 0.1) is 16.5 Å². The summed E-state index contributed by atoms with van der Waals surface area (Å²) >= 11 is 0. The Balaban J connectivity index is 1.53. The average Bonchev–Trinajstić information content (AvgIpc) is 3.00. The zero-order valence-electron chi connectivity index (χ0n) is 15.8. The number of nitrogens with zero attached hydrogens (tertiary/aromatic N) is 1. The van der Waals surface area contributed by atoms with Crippen molar-refractivity contribution in [3.63, 3.8) is 0 Å². The maximum atomic E-state index is 12.6. The van der Waals surface area contributed by atoms with Crippen molar-refractivity contribution in [3.8, 4) is 0 Å². The molecule has 0 fully saturated rings. The largest absolute Gasteiger partial charge is 0.460 e. The molecule has 1 aliphatic heterocycles. The first-order valence-electron chi connectivity index (χ1n) is 9.34. The molecule has 1 N–H and O–H groups in total. The molecule has 6 nitrogen and oxygen atoms in total. The predicted octanol–water partition coefficient (Wildman–Crippen LogP) is 3.51. The van der Waals surface area contributed by atoms with E-state index >= 15 is 0 Å². The molecular weight excluding hydrogens is 388 g/mol. The van der Waals surface area contributed by atoms with Gasteiger partial charge in [-0.25, -0.2) is 13.2 Å². The van der Waals surface area contributed by atoms with Crippen molar-refractivity contribution in [3.05, 3.63) is 77.9 Å². The van der Waals surface area contributed by atoms with Crippen LogP contribution in [0.3, 0.4) is 0 Å². The molecule has 0 amide bonds. The maximum Gasteiger partial charge on any atom is 0.338 e. The molecular formula is C22H20N2O4S. The number of hydrogen-bond acceptors (Lipinski definition) is 5. The first-order chi connectivity index (χ1) is 14.0. The van der Waals surface area contributed by atoms with Crippen LogP contribution < -0.4 is 4.72 Å². The number of nitrogens with one attached hydrogen (secondary N) is 1. The van der Waals surface area contributed by atoms with E-state index in [2.05, 4.69) is 9.71 Å². The van der Waals surface area contributed by atoms with Crippen LogP contribution in [0.4, 0.5) is 0 Å². The van der Waals surface area contributed by atoms with Crippen LogP contribution in [0.15, 0.2) is 76.6 Å². The summed E-state index contributed by atoms with van der Waals surface area (Å²) in [5.74, 6) is -0.137. The topological polar surface area (TPSA) is 84.8 Å². The van der Waals surface area contributed by atoms with Crippen molar-refractivity contribution in [2.75, 3.05) is 6.61 Å². The molecule has 148 valence electrons. The van der Waals surface area contributed by atoms with E-state index in [0.29, 0.717) is 17.5 Å². The molecule has 0 radical (unpaired) electrons. The molecule has 0 saturated carbocycles. The fourth-order valence-corrected chi connectivity index (χ4v) is 4.55. The highest BCUT2D eigenvalue weighted by atomic mass is 32.2. The number of hydrogen-bond donors (Lipinski definition) is 1. The highest BCUT2D eigenvalue weighted by Crippen LogP contribution is 2.23. The lowest BCUT2D eigenvalue weighted by atomic mass is 10.0. The maximum absolute atomic E-state index is 12.6. The van der Waals surface area contributed by atoms with E-state index in [4.69, 9.17) is 4.74 Å². The Morgan fingerprint density at radius 2 is 1.76 bits per heavy atom. The molecule has 3 aromatic rings. The Kier molecular flexibility index (Phi) is 5.07. The number of sulfonamides is 1. The van der Waals surface area contributed by atoms with E-state index in [0.717, 1.165) is 10.8 Å². The van der Waals surface area contributed by atoms with Gasteiger partial charge in [-0.3, -0.25) is 9.71 Å². The fraction of sp³-hybridized carbons (Fsp3) is 0.182. The van der Waals surface area contributed by atoms with Gasteiger partial charge >= 0.3 is 5.97 Å². The van der Waals surface area contributed by atoms with Crippen molar-refractivity contribution in [1.82, 2.24) is 4.72 Å². The van der Waals surface area contributed by atoms with Crippen LogP contribution in [0.25, 0.3) is 10.8 Å². The standard InChI is InChI=1S/C22H20N2O4S/c1-2-16(23-21-19-11-5-6-13-20(19)29(26,27)24-21)14-28-22(25)18-12-7-9-15-8-3-4-10-17(15)18/h3-13,16H,2,14H2,1H3,(H,23,24)/t16-/m0/s1. The molecule has 4 rings (SSSR count). The molecule has 0 unspecified atom stereocenters. The lowest BCUT2D eigenvalue weighted by Gasteiger charge is -2.13. The Hall–Kier alpha value is -3.19. The summed E-state index contributed by atoms with van der Waals surface area (Å²) in [6.07, 6.45) is 0.593. The summed E-state index contributed by atoms with van der Waals surface area (Å²) < 4.78 is 32.5. The Morgan fingerprint density at radius 1 is 1.03 bits per heavy atom. The number of fused-ring (bicyclic) bond motifs is 2. The van der Waals surface area contributed by atoms with Gasteiger partial charge in [0.2, 0.25) is 0 Å². The number of benzene rings is 3. The SMILES string of the molecule is CC[C@@H](COC(=O)c1cccc2ccccc12)N=C1NS(=O)(=O)c2ccccc21. The number of amidine groups is 1. The summed E-state index contributed by atoms with van der Waals surface area (Å²) in [7, 11) is -3.60. The number of carbonyl (C=O) groups excluding carboxylic acids is 1. The van der Waals surface area contributed by atoms with E-state index < -0.39 is 16.0 Å². The second kappa shape index (κ2) is 7.67. The van der Waals surface area contributed by atoms with Crippen LogP contribution in [0, 0.1) is 0 Å². The number of rotatable bonds is 5. The third kappa shape index (κ3) is 3.73. The minimum Gasteiger partial charge on any atom is -0.460 e. The molecule has 29 heavy (non-hydrogen) atoms. The zero-order chi connectivity index (χ0) is 20.4. The molecule has 7 heteroatoms. The Bertz CT molecular complexity index is 1210. The van der Waals surface area contributed by atoms with Gasteiger partial charge in [0.25, 0.3) is 10.0 Å². The van der Waals surface area contributed by atoms with Crippen LogP contribution in [-0.2, 0) is 14.8 Å². The van der Waals surface area contributed by atoms with Gasteiger partial charge in [-0.05, 0) is 35.4 Å². The van der Waals surface area contributed by atoms with Crippen LogP contribution >= 0.6 is 0 Å². The predicted molar refractivity (Wildman–Crippen MR) is 112 cm³/mol. The normalized spacial score (nSPS) is 16.9. The summed E-state index contributed by atoms with van der Waals surface area (Å²) in [5, 5.41) is 1.79. The number of esters is 1. The molecule has 0 aliphatic carbocycles. The lowest BCUT2D eigenvalue weighted by molar-refractivity contribution is 0.0483. The van der Waals surface area contributed by atoms with E-state index in [1.165, 1.54) is 0 Å². The molecule has 0 spiro atoms. The smallest absolute Gasteiger partial charge is 0.338 e. The van der Waals surface area contributed by atoms with Crippen molar-refractivity contribution in [1.29, 1.82) is 0 Å². The summed E-state index contributed by atoms with van der Waals surface area (Å²) in [5.41, 5.74) is 1.03. The molecule has 1 atom stereocenters.